The summed E-state index contributed by atoms with van der Waals surface area (Å²) in [6.45, 7) is 1.94. The van der Waals surface area contributed by atoms with Crippen molar-refractivity contribution in [3.05, 3.63) is 71.3 Å². The second kappa shape index (κ2) is 7.04. The number of rotatable bonds is 1. The summed E-state index contributed by atoms with van der Waals surface area (Å²) in [7, 11) is 0. The van der Waals surface area contributed by atoms with Gasteiger partial charge >= 0.3 is 0 Å². The third-order valence-corrected chi connectivity index (χ3v) is 5.63. The Bertz CT molecular complexity index is 788. The molecule has 4 rings (SSSR count). The number of hydrogen-bond acceptors (Lipinski definition) is 2. The summed E-state index contributed by atoms with van der Waals surface area (Å²) in [6, 6.07) is 18.8. The smallest absolute Gasteiger partial charge is 0.141 e. The molecule has 2 aromatic rings. The first kappa shape index (κ1) is 16.4. The fourth-order valence-electron chi connectivity index (χ4n) is 4.25. The van der Waals surface area contributed by atoms with Gasteiger partial charge in [0.05, 0.1) is 6.04 Å². The van der Waals surface area contributed by atoms with Crippen LogP contribution in [-0.2, 0) is 13.0 Å². The Labute approximate surface area is 150 Å². The molecule has 128 valence electrons. The van der Waals surface area contributed by atoms with E-state index in [9.17, 15) is 5.11 Å². The molecule has 0 saturated heterocycles. The number of nitrogens with zero attached hydrogens (tertiary/aromatic N) is 1. The van der Waals surface area contributed by atoms with Gasteiger partial charge in [-0.05, 0) is 48.9 Å². The molecule has 0 spiro atoms. The van der Waals surface area contributed by atoms with Crippen LogP contribution in [0.2, 0.25) is 0 Å². The molecule has 1 saturated carbocycles. The van der Waals surface area contributed by atoms with E-state index in [2.05, 4.69) is 41.0 Å². The lowest BCUT2D eigenvalue weighted by Gasteiger charge is -2.45. The van der Waals surface area contributed by atoms with E-state index < -0.39 is 5.60 Å². The van der Waals surface area contributed by atoms with Crippen LogP contribution in [0.3, 0.4) is 0 Å². The molecular weight excluding hydrogens is 306 g/mol. The first-order chi connectivity index (χ1) is 12.2. The number of fused-ring (bicyclic) bond motifs is 1. The van der Waals surface area contributed by atoms with Crippen molar-refractivity contribution < 1.29 is 5.11 Å². The number of aliphatic hydroxyl groups is 1. The minimum absolute atomic E-state index is 0.130. The van der Waals surface area contributed by atoms with Crippen molar-refractivity contribution >= 4 is 0 Å². The Morgan fingerprint density at radius 2 is 1.72 bits per heavy atom. The summed E-state index contributed by atoms with van der Waals surface area (Å²) in [5, 5.41) is 11.4. The van der Waals surface area contributed by atoms with Crippen LogP contribution in [-0.4, -0.2) is 28.2 Å². The van der Waals surface area contributed by atoms with E-state index in [0.717, 1.165) is 44.3 Å². The van der Waals surface area contributed by atoms with Gasteiger partial charge in [0, 0.05) is 18.7 Å². The molecule has 0 unspecified atom stereocenters. The van der Waals surface area contributed by atoms with E-state index in [-0.39, 0.29) is 6.04 Å². The molecule has 2 aliphatic rings. The molecular formula is C23H25NO. The van der Waals surface area contributed by atoms with Crippen LogP contribution in [0.1, 0.15) is 42.4 Å². The second-order valence-corrected chi connectivity index (χ2v) is 7.29. The number of hydrogen-bond donors (Lipinski definition) is 1. The molecule has 0 radical (unpaired) electrons. The van der Waals surface area contributed by atoms with Gasteiger partial charge in [-0.1, -0.05) is 60.7 Å². The average molecular weight is 331 g/mol. The normalized spacial score (nSPS) is 26.4. The standard InChI is InChI=1S/C23H25NO/c25-23(16-13-19-8-2-1-3-9-19)15-7-6-12-22(23)24-17-14-20-10-4-5-11-21(20)18-24/h1-5,8-11,22,25H,6-7,12,14-15,17-18H2/t22-,23+/m0/s1. The van der Waals surface area contributed by atoms with Crippen molar-refractivity contribution in [1.29, 1.82) is 0 Å². The van der Waals surface area contributed by atoms with E-state index in [1.54, 1.807) is 0 Å². The molecule has 2 heteroatoms. The van der Waals surface area contributed by atoms with Crippen LogP contribution in [0.25, 0.3) is 0 Å². The average Bonchev–Trinajstić information content (AvgIpc) is 2.67. The van der Waals surface area contributed by atoms with Gasteiger partial charge in [-0.2, -0.15) is 0 Å². The van der Waals surface area contributed by atoms with Crippen molar-refractivity contribution in [2.45, 2.75) is 50.3 Å². The third kappa shape index (κ3) is 3.49. The Morgan fingerprint density at radius 3 is 2.56 bits per heavy atom. The van der Waals surface area contributed by atoms with E-state index in [4.69, 9.17) is 0 Å². The molecule has 2 aromatic carbocycles. The summed E-state index contributed by atoms with van der Waals surface area (Å²) in [4.78, 5) is 2.46. The summed E-state index contributed by atoms with van der Waals surface area (Å²) in [6.07, 6.45) is 5.10. The highest BCUT2D eigenvalue weighted by molar-refractivity contribution is 5.37. The molecule has 0 bridgehead atoms. The maximum atomic E-state index is 11.4. The van der Waals surface area contributed by atoms with Crippen LogP contribution in [0.5, 0.6) is 0 Å². The Hall–Kier alpha value is -2.08. The van der Waals surface area contributed by atoms with Gasteiger partial charge in [-0.15, -0.1) is 0 Å². The molecule has 1 N–H and O–H groups in total. The van der Waals surface area contributed by atoms with Gasteiger partial charge in [0.15, 0.2) is 0 Å². The van der Waals surface area contributed by atoms with Crippen LogP contribution in [0.4, 0.5) is 0 Å². The number of benzene rings is 2. The second-order valence-electron chi connectivity index (χ2n) is 7.29. The van der Waals surface area contributed by atoms with E-state index in [1.165, 1.54) is 17.5 Å². The van der Waals surface area contributed by atoms with Gasteiger partial charge in [-0.25, -0.2) is 0 Å². The Kier molecular flexibility index (Phi) is 4.61. The molecule has 2 nitrogen and oxygen atoms in total. The van der Waals surface area contributed by atoms with Crippen LogP contribution >= 0.6 is 0 Å². The van der Waals surface area contributed by atoms with Crippen molar-refractivity contribution in [3.63, 3.8) is 0 Å². The highest BCUT2D eigenvalue weighted by Gasteiger charge is 2.41. The van der Waals surface area contributed by atoms with Gasteiger partial charge < -0.3 is 5.11 Å². The van der Waals surface area contributed by atoms with Gasteiger partial charge in [-0.3, -0.25) is 4.90 Å². The summed E-state index contributed by atoms with van der Waals surface area (Å²) in [5.41, 5.74) is 2.93. The molecule has 0 aromatic heterocycles. The summed E-state index contributed by atoms with van der Waals surface area (Å²) < 4.78 is 0. The quantitative estimate of drug-likeness (QED) is 0.804. The van der Waals surface area contributed by atoms with Crippen LogP contribution in [0, 0.1) is 11.8 Å². The zero-order valence-electron chi connectivity index (χ0n) is 14.6. The zero-order chi connectivity index (χ0) is 17.1. The van der Waals surface area contributed by atoms with E-state index >= 15 is 0 Å². The summed E-state index contributed by atoms with van der Waals surface area (Å²) >= 11 is 0. The van der Waals surface area contributed by atoms with E-state index in [0.29, 0.717) is 0 Å². The molecule has 0 amide bonds. The fourth-order valence-corrected chi connectivity index (χ4v) is 4.25. The van der Waals surface area contributed by atoms with Crippen LogP contribution in [0.15, 0.2) is 54.6 Å². The SMILES string of the molecule is O[C@@]1(C#Cc2ccccc2)CCCC[C@@H]1N1CCc2ccccc2C1. The van der Waals surface area contributed by atoms with E-state index in [1.807, 2.05) is 30.3 Å². The monoisotopic (exact) mass is 331 g/mol. The lowest BCUT2D eigenvalue weighted by Crippen LogP contribution is -2.55. The molecule has 25 heavy (non-hydrogen) atoms. The molecule has 1 heterocycles. The minimum Gasteiger partial charge on any atom is -0.376 e. The zero-order valence-corrected chi connectivity index (χ0v) is 14.6. The van der Waals surface area contributed by atoms with Crippen LogP contribution < -0.4 is 0 Å². The largest absolute Gasteiger partial charge is 0.376 e. The summed E-state index contributed by atoms with van der Waals surface area (Å²) in [5.74, 6) is 6.47. The Morgan fingerprint density at radius 1 is 0.960 bits per heavy atom. The van der Waals surface area contributed by atoms with Gasteiger partial charge in [0.25, 0.3) is 0 Å². The van der Waals surface area contributed by atoms with Gasteiger partial charge in [0.2, 0.25) is 0 Å². The van der Waals surface area contributed by atoms with Crippen molar-refractivity contribution in [2.75, 3.05) is 6.54 Å². The molecule has 2 atom stereocenters. The predicted octanol–water partition coefficient (Wildman–Crippen LogP) is 3.77. The minimum atomic E-state index is -0.902. The molecule has 1 aliphatic heterocycles. The molecule has 1 aliphatic carbocycles. The first-order valence-corrected chi connectivity index (χ1v) is 9.36. The Balaban J connectivity index is 1.58. The van der Waals surface area contributed by atoms with Gasteiger partial charge in [0.1, 0.15) is 5.60 Å². The molecule has 1 fully saturated rings. The highest BCUT2D eigenvalue weighted by atomic mass is 16.3. The lowest BCUT2D eigenvalue weighted by molar-refractivity contribution is -0.0363. The highest BCUT2D eigenvalue weighted by Crippen LogP contribution is 2.34. The topological polar surface area (TPSA) is 23.5 Å². The fraction of sp³-hybridized carbons (Fsp3) is 0.391. The lowest BCUT2D eigenvalue weighted by atomic mass is 9.78. The predicted molar refractivity (Wildman–Crippen MR) is 101 cm³/mol. The van der Waals surface area contributed by atoms with Crippen molar-refractivity contribution in [2.24, 2.45) is 0 Å². The van der Waals surface area contributed by atoms with Crippen molar-refractivity contribution in [3.8, 4) is 11.8 Å². The maximum Gasteiger partial charge on any atom is 0.141 e. The van der Waals surface area contributed by atoms with Crippen molar-refractivity contribution in [1.82, 2.24) is 4.90 Å². The maximum absolute atomic E-state index is 11.4. The first-order valence-electron chi connectivity index (χ1n) is 9.36. The third-order valence-electron chi connectivity index (χ3n) is 5.63.